The third kappa shape index (κ3) is 3.00. The van der Waals surface area contributed by atoms with E-state index in [1.165, 1.54) is 0 Å². The predicted molar refractivity (Wildman–Crippen MR) is 86.8 cm³/mol. The van der Waals surface area contributed by atoms with Gasteiger partial charge < -0.3 is 4.57 Å². The first-order chi connectivity index (χ1) is 10.5. The van der Waals surface area contributed by atoms with E-state index in [4.69, 9.17) is 23.2 Å². The van der Waals surface area contributed by atoms with Crippen molar-refractivity contribution in [3.05, 3.63) is 58.4 Å². The van der Waals surface area contributed by atoms with Crippen molar-refractivity contribution in [2.75, 3.05) is 0 Å². The molecule has 0 unspecified atom stereocenters. The highest BCUT2D eigenvalue weighted by Gasteiger charge is 2.10. The van der Waals surface area contributed by atoms with E-state index in [1.807, 2.05) is 18.5 Å². The Morgan fingerprint density at radius 1 is 1.18 bits per heavy atom. The van der Waals surface area contributed by atoms with E-state index in [9.17, 15) is 0 Å². The van der Waals surface area contributed by atoms with E-state index in [2.05, 4.69) is 33.7 Å². The molecule has 3 rings (SSSR count). The average Bonchev–Trinajstić information content (AvgIpc) is 3.11. The van der Waals surface area contributed by atoms with Gasteiger partial charge in [-0.05, 0) is 18.2 Å². The molecule has 0 N–H and O–H groups in total. The minimum atomic E-state index is 0.361. The van der Waals surface area contributed by atoms with Crippen molar-refractivity contribution < 1.29 is 0 Å². The lowest BCUT2D eigenvalue weighted by Crippen LogP contribution is -2.06. The molecule has 114 valence electrons. The molecule has 0 aliphatic carbocycles. The van der Waals surface area contributed by atoms with Gasteiger partial charge >= 0.3 is 0 Å². The maximum atomic E-state index is 6.04. The molecule has 7 heteroatoms. The SMILES string of the molecule is CC(C)c1nccn1Cc1cn(-c2ccc(Cl)c(Cl)c2)nn1. The fourth-order valence-corrected chi connectivity index (χ4v) is 2.55. The molecule has 5 nitrogen and oxygen atoms in total. The minimum absolute atomic E-state index is 0.361. The van der Waals surface area contributed by atoms with Gasteiger partial charge in [0.1, 0.15) is 11.5 Å². The summed E-state index contributed by atoms with van der Waals surface area (Å²) in [5.41, 5.74) is 1.67. The van der Waals surface area contributed by atoms with E-state index in [-0.39, 0.29) is 0 Å². The number of hydrogen-bond donors (Lipinski definition) is 0. The zero-order chi connectivity index (χ0) is 15.7. The quantitative estimate of drug-likeness (QED) is 0.725. The van der Waals surface area contributed by atoms with Crippen LogP contribution in [0, 0.1) is 0 Å². The van der Waals surface area contributed by atoms with E-state index in [1.54, 1.807) is 23.0 Å². The highest BCUT2D eigenvalue weighted by molar-refractivity contribution is 6.42. The van der Waals surface area contributed by atoms with Crippen LogP contribution in [0.3, 0.4) is 0 Å². The van der Waals surface area contributed by atoms with E-state index < -0.39 is 0 Å². The number of benzene rings is 1. The van der Waals surface area contributed by atoms with Crippen molar-refractivity contribution in [1.29, 1.82) is 0 Å². The van der Waals surface area contributed by atoms with Crippen LogP contribution in [-0.2, 0) is 6.54 Å². The first-order valence-electron chi connectivity index (χ1n) is 6.92. The fraction of sp³-hybridized carbons (Fsp3) is 0.267. The Balaban J connectivity index is 1.84. The van der Waals surface area contributed by atoms with Crippen LogP contribution >= 0.6 is 23.2 Å². The Hall–Kier alpha value is -1.85. The molecule has 0 bridgehead atoms. The Bertz CT molecular complexity index is 791. The van der Waals surface area contributed by atoms with E-state index in [0.717, 1.165) is 17.2 Å². The number of nitrogens with zero attached hydrogens (tertiary/aromatic N) is 5. The number of aromatic nitrogens is 5. The Kier molecular flexibility index (Phi) is 4.18. The largest absolute Gasteiger partial charge is 0.329 e. The summed E-state index contributed by atoms with van der Waals surface area (Å²) in [5, 5.41) is 9.36. The summed E-state index contributed by atoms with van der Waals surface area (Å²) in [6.07, 6.45) is 5.63. The van der Waals surface area contributed by atoms with Crippen LogP contribution < -0.4 is 0 Å². The van der Waals surface area contributed by atoms with Crippen molar-refractivity contribution in [2.24, 2.45) is 0 Å². The summed E-state index contributed by atoms with van der Waals surface area (Å²) in [7, 11) is 0. The molecule has 3 aromatic rings. The molecule has 0 aliphatic heterocycles. The molecule has 0 saturated carbocycles. The highest BCUT2D eigenvalue weighted by Crippen LogP contribution is 2.24. The topological polar surface area (TPSA) is 48.5 Å². The Morgan fingerprint density at radius 3 is 2.73 bits per heavy atom. The third-order valence-electron chi connectivity index (χ3n) is 3.30. The molecule has 22 heavy (non-hydrogen) atoms. The van der Waals surface area contributed by atoms with Crippen LogP contribution in [-0.4, -0.2) is 24.5 Å². The van der Waals surface area contributed by atoms with Crippen LogP contribution in [0.2, 0.25) is 10.0 Å². The maximum absolute atomic E-state index is 6.04. The maximum Gasteiger partial charge on any atom is 0.111 e. The molecule has 0 radical (unpaired) electrons. The van der Waals surface area contributed by atoms with Gasteiger partial charge in [0.05, 0.1) is 28.5 Å². The molecule has 0 amide bonds. The summed E-state index contributed by atoms with van der Waals surface area (Å²) in [4.78, 5) is 4.37. The van der Waals surface area contributed by atoms with Crippen LogP contribution in [0.25, 0.3) is 5.69 Å². The molecule has 0 fully saturated rings. The lowest BCUT2D eigenvalue weighted by molar-refractivity contribution is 0.659. The molecule has 1 aromatic carbocycles. The summed E-state index contributed by atoms with van der Waals surface area (Å²) in [5.74, 6) is 1.39. The number of halogens is 2. The molecular formula is C15H15Cl2N5. The van der Waals surface area contributed by atoms with Crippen LogP contribution in [0.15, 0.2) is 36.8 Å². The van der Waals surface area contributed by atoms with Gasteiger partial charge in [0.25, 0.3) is 0 Å². The second-order valence-corrected chi connectivity index (χ2v) is 6.14. The highest BCUT2D eigenvalue weighted by atomic mass is 35.5. The van der Waals surface area contributed by atoms with Gasteiger partial charge in [-0.2, -0.15) is 0 Å². The lowest BCUT2D eigenvalue weighted by atomic mass is 10.2. The van der Waals surface area contributed by atoms with Gasteiger partial charge in [-0.25, -0.2) is 9.67 Å². The van der Waals surface area contributed by atoms with Gasteiger partial charge in [-0.1, -0.05) is 42.3 Å². The van der Waals surface area contributed by atoms with Crippen LogP contribution in [0.5, 0.6) is 0 Å². The molecule has 0 saturated heterocycles. The first kappa shape index (κ1) is 15.1. The van der Waals surface area contributed by atoms with Crippen LogP contribution in [0.4, 0.5) is 0 Å². The monoisotopic (exact) mass is 335 g/mol. The standard InChI is InChI=1S/C15H15Cl2N5/c1-10(2)15-18-5-6-21(15)8-11-9-22(20-19-11)12-3-4-13(16)14(17)7-12/h3-7,9-10H,8H2,1-2H3. The Morgan fingerprint density at radius 2 is 2.00 bits per heavy atom. The average molecular weight is 336 g/mol. The van der Waals surface area contributed by atoms with Crippen molar-refractivity contribution in [3.63, 3.8) is 0 Å². The smallest absolute Gasteiger partial charge is 0.111 e. The zero-order valence-electron chi connectivity index (χ0n) is 12.2. The predicted octanol–water partition coefficient (Wildman–Crippen LogP) is 3.94. The second-order valence-electron chi connectivity index (χ2n) is 5.32. The second kappa shape index (κ2) is 6.10. The van der Waals surface area contributed by atoms with E-state index >= 15 is 0 Å². The zero-order valence-corrected chi connectivity index (χ0v) is 13.8. The normalized spacial score (nSPS) is 11.3. The number of hydrogen-bond acceptors (Lipinski definition) is 3. The van der Waals surface area contributed by atoms with Crippen molar-refractivity contribution in [2.45, 2.75) is 26.3 Å². The van der Waals surface area contributed by atoms with Gasteiger partial charge in [0, 0.05) is 18.3 Å². The summed E-state index contributed by atoms with van der Waals surface area (Å²) >= 11 is 12.0. The third-order valence-corrected chi connectivity index (χ3v) is 4.04. The number of imidazole rings is 1. The van der Waals surface area contributed by atoms with Gasteiger partial charge in [-0.3, -0.25) is 0 Å². The summed E-state index contributed by atoms with van der Waals surface area (Å²) < 4.78 is 3.76. The lowest BCUT2D eigenvalue weighted by Gasteiger charge is -2.08. The molecule has 2 aromatic heterocycles. The van der Waals surface area contributed by atoms with Crippen LogP contribution in [0.1, 0.15) is 31.3 Å². The summed E-state index contributed by atoms with van der Waals surface area (Å²) in [6, 6.07) is 5.36. The Labute approximate surface area is 138 Å². The van der Waals surface area contributed by atoms with Crippen molar-refractivity contribution in [1.82, 2.24) is 24.5 Å². The van der Waals surface area contributed by atoms with Gasteiger partial charge in [-0.15, -0.1) is 5.10 Å². The van der Waals surface area contributed by atoms with Gasteiger partial charge in [0.15, 0.2) is 0 Å². The molecule has 0 aliphatic rings. The number of rotatable bonds is 4. The van der Waals surface area contributed by atoms with Gasteiger partial charge in [0.2, 0.25) is 0 Å². The fourth-order valence-electron chi connectivity index (χ4n) is 2.25. The molecule has 2 heterocycles. The van der Waals surface area contributed by atoms with E-state index in [0.29, 0.717) is 22.5 Å². The van der Waals surface area contributed by atoms with Crippen molar-refractivity contribution in [3.8, 4) is 5.69 Å². The minimum Gasteiger partial charge on any atom is -0.329 e. The molecular weight excluding hydrogens is 321 g/mol. The first-order valence-corrected chi connectivity index (χ1v) is 7.68. The molecule has 0 spiro atoms. The molecule has 0 atom stereocenters. The van der Waals surface area contributed by atoms with Crippen molar-refractivity contribution >= 4 is 23.2 Å². The summed E-state index contributed by atoms with van der Waals surface area (Å²) in [6.45, 7) is 4.87.